The van der Waals surface area contributed by atoms with Crippen molar-refractivity contribution >= 4 is 40.2 Å². The van der Waals surface area contributed by atoms with Crippen molar-refractivity contribution in [2.24, 2.45) is 0 Å². The molecule has 2 rings (SSSR count). The Kier molecular flexibility index (Phi) is 5.53. The maximum Gasteiger partial charge on any atom is 0.357 e. The number of esters is 2. The molecule has 0 saturated heterocycles. The van der Waals surface area contributed by atoms with Gasteiger partial charge in [-0.1, -0.05) is 0 Å². The predicted molar refractivity (Wildman–Crippen MR) is 96.8 cm³/mol. The fourth-order valence-electron chi connectivity index (χ4n) is 2.27. The highest BCUT2D eigenvalue weighted by Crippen LogP contribution is 2.32. The van der Waals surface area contributed by atoms with Gasteiger partial charge in [-0.05, 0) is 28.7 Å². The molecule has 130 valence electrons. The molecular weight excluding hydrogens is 441 g/mol. The van der Waals surface area contributed by atoms with Crippen LogP contribution in [-0.4, -0.2) is 37.8 Å². The van der Waals surface area contributed by atoms with E-state index in [-0.39, 0.29) is 28.3 Å². The van der Waals surface area contributed by atoms with Gasteiger partial charge >= 0.3 is 11.9 Å². The smallest absolute Gasteiger partial charge is 0.357 e. The molecule has 1 aromatic carbocycles. The van der Waals surface area contributed by atoms with Crippen LogP contribution in [0.4, 0.5) is 5.69 Å². The fourth-order valence-corrected chi connectivity index (χ4v) is 3.00. The summed E-state index contributed by atoms with van der Waals surface area (Å²) in [5.41, 5.74) is 6.80. The van der Waals surface area contributed by atoms with Crippen LogP contribution >= 0.6 is 22.6 Å². The second-order valence-corrected chi connectivity index (χ2v) is 5.94. The summed E-state index contributed by atoms with van der Waals surface area (Å²) in [5, 5.41) is 9.19. The lowest BCUT2D eigenvalue weighted by Crippen LogP contribution is -2.13. The van der Waals surface area contributed by atoms with E-state index >= 15 is 0 Å². The van der Waals surface area contributed by atoms with Crippen LogP contribution < -0.4 is 10.5 Å². The SMILES string of the molecule is COC(=O)c1cc(I)c(-n2cc(C#N)c(N)c2C(=O)OC)cc1OC. The summed E-state index contributed by atoms with van der Waals surface area (Å²) >= 11 is 2.00. The third-order valence-corrected chi connectivity index (χ3v) is 4.34. The van der Waals surface area contributed by atoms with E-state index in [1.54, 1.807) is 12.1 Å². The molecule has 9 heteroatoms. The molecule has 0 aliphatic heterocycles. The molecule has 0 aliphatic rings. The Morgan fingerprint density at radius 1 is 1.20 bits per heavy atom. The number of rotatable bonds is 4. The molecule has 0 bridgehead atoms. The average Bonchev–Trinajstić information content (AvgIpc) is 2.96. The number of halogens is 1. The quantitative estimate of drug-likeness (QED) is 0.555. The Balaban J connectivity index is 2.77. The topological polar surface area (TPSA) is 117 Å². The van der Waals surface area contributed by atoms with Crippen LogP contribution in [-0.2, 0) is 9.47 Å². The van der Waals surface area contributed by atoms with Crippen LogP contribution in [0.2, 0.25) is 0 Å². The maximum absolute atomic E-state index is 12.1. The van der Waals surface area contributed by atoms with E-state index in [9.17, 15) is 14.9 Å². The average molecular weight is 455 g/mol. The molecule has 2 N–H and O–H groups in total. The minimum atomic E-state index is -0.689. The first-order chi connectivity index (χ1) is 11.9. The molecule has 8 nitrogen and oxygen atoms in total. The number of anilines is 1. The molecule has 0 unspecified atom stereocenters. The zero-order chi connectivity index (χ0) is 18.7. The minimum absolute atomic E-state index is 0.0150. The molecule has 0 saturated carbocycles. The third kappa shape index (κ3) is 3.25. The van der Waals surface area contributed by atoms with Gasteiger partial charge in [0.05, 0.1) is 38.3 Å². The van der Waals surface area contributed by atoms with Crippen LogP contribution in [0, 0.1) is 14.9 Å². The van der Waals surface area contributed by atoms with Crippen LogP contribution in [0.15, 0.2) is 18.3 Å². The van der Waals surface area contributed by atoms with Crippen molar-refractivity contribution in [1.29, 1.82) is 5.26 Å². The first kappa shape index (κ1) is 18.6. The lowest BCUT2D eigenvalue weighted by molar-refractivity contribution is 0.0584. The van der Waals surface area contributed by atoms with Crippen LogP contribution in [0.1, 0.15) is 26.4 Å². The first-order valence-electron chi connectivity index (χ1n) is 6.85. The largest absolute Gasteiger partial charge is 0.496 e. The van der Waals surface area contributed by atoms with Gasteiger partial charge in [-0.2, -0.15) is 5.26 Å². The lowest BCUT2D eigenvalue weighted by Gasteiger charge is -2.14. The summed E-state index contributed by atoms with van der Waals surface area (Å²) in [6.45, 7) is 0. The number of nitrogen functional groups attached to an aromatic ring is 1. The zero-order valence-electron chi connectivity index (χ0n) is 13.6. The van der Waals surface area contributed by atoms with Crippen molar-refractivity contribution in [3.05, 3.63) is 38.7 Å². The standard InChI is InChI=1S/C16H14IN3O5/c1-23-12-5-11(10(17)4-9(12)15(21)24-2)20-7-8(6-18)13(19)14(20)16(22)25-3/h4-5,7H,19H2,1-3H3. The van der Waals surface area contributed by atoms with Crippen LogP contribution in [0.5, 0.6) is 5.75 Å². The summed E-state index contributed by atoms with van der Waals surface area (Å²) in [6.07, 6.45) is 1.43. The number of benzene rings is 1. The highest BCUT2D eigenvalue weighted by atomic mass is 127. The number of nitrogens with zero attached hydrogens (tertiary/aromatic N) is 2. The number of methoxy groups -OCH3 is 3. The first-order valence-corrected chi connectivity index (χ1v) is 7.92. The Labute approximate surface area is 157 Å². The number of carbonyl (C=O) groups excluding carboxylic acids is 2. The van der Waals surface area contributed by atoms with E-state index in [4.69, 9.17) is 19.9 Å². The molecule has 0 atom stereocenters. The second kappa shape index (κ2) is 7.43. The Bertz CT molecular complexity index is 898. The normalized spacial score (nSPS) is 10.0. The van der Waals surface area contributed by atoms with Gasteiger partial charge in [0.1, 0.15) is 17.4 Å². The van der Waals surface area contributed by atoms with Crippen molar-refractivity contribution < 1.29 is 23.8 Å². The van der Waals surface area contributed by atoms with Gasteiger partial charge in [0.2, 0.25) is 0 Å². The van der Waals surface area contributed by atoms with Gasteiger partial charge < -0.3 is 24.5 Å². The number of hydrogen-bond acceptors (Lipinski definition) is 7. The van der Waals surface area contributed by atoms with Crippen molar-refractivity contribution in [3.63, 3.8) is 0 Å². The van der Waals surface area contributed by atoms with Crippen molar-refractivity contribution in [1.82, 2.24) is 4.57 Å². The van der Waals surface area contributed by atoms with Gasteiger partial charge in [-0.3, -0.25) is 0 Å². The van der Waals surface area contributed by atoms with Gasteiger partial charge in [0.25, 0.3) is 0 Å². The zero-order valence-corrected chi connectivity index (χ0v) is 15.8. The summed E-state index contributed by atoms with van der Waals surface area (Å²) in [7, 11) is 3.89. The summed E-state index contributed by atoms with van der Waals surface area (Å²) in [5.74, 6) is -0.992. The summed E-state index contributed by atoms with van der Waals surface area (Å²) < 4.78 is 16.8. The molecule has 0 aliphatic carbocycles. The lowest BCUT2D eigenvalue weighted by atomic mass is 10.1. The monoisotopic (exact) mass is 455 g/mol. The second-order valence-electron chi connectivity index (χ2n) is 4.77. The van der Waals surface area contributed by atoms with E-state index in [0.29, 0.717) is 9.26 Å². The van der Waals surface area contributed by atoms with Crippen molar-refractivity contribution in [2.75, 3.05) is 27.1 Å². The number of nitrogens with two attached hydrogens (primary N) is 1. The molecule has 0 radical (unpaired) electrons. The minimum Gasteiger partial charge on any atom is -0.496 e. The number of aromatic nitrogens is 1. The Hall–Kier alpha value is -2.74. The van der Waals surface area contributed by atoms with Gasteiger partial charge in [0.15, 0.2) is 5.69 Å². The third-order valence-electron chi connectivity index (χ3n) is 3.48. The van der Waals surface area contributed by atoms with Crippen molar-refractivity contribution in [2.45, 2.75) is 0 Å². The van der Waals surface area contributed by atoms with E-state index in [2.05, 4.69) is 0 Å². The van der Waals surface area contributed by atoms with Gasteiger partial charge in [0, 0.05) is 15.8 Å². The molecule has 2 aromatic rings. The Morgan fingerprint density at radius 2 is 1.84 bits per heavy atom. The molecular formula is C16H14IN3O5. The Morgan fingerprint density at radius 3 is 2.36 bits per heavy atom. The maximum atomic E-state index is 12.1. The number of nitriles is 1. The molecule has 25 heavy (non-hydrogen) atoms. The summed E-state index contributed by atoms with van der Waals surface area (Å²) in [4.78, 5) is 24.0. The summed E-state index contributed by atoms with van der Waals surface area (Å²) in [6, 6.07) is 5.05. The molecule has 1 aromatic heterocycles. The fraction of sp³-hybridized carbons (Fsp3) is 0.188. The highest BCUT2D eigenvalue weighted by Gasteiger charge is 2.24. The number of ether oxygens (including phenoxy) is 3. The number of carbonyl (C=O) groups is 2. The van der Waals surface area contributed by atoms with Gasteiger partial charge in [-0.25, -0.2) is 9.59 Å². The number of hydrogen-bond donors (Lipinski definition) is 1. The van der Waals surface area contributed by atoms with Crippen molar-refractivity contribution in [3.8, 4) is 17.5 Å². The van der Waals surface area contributed by atoms with E-state index in [1.165, 1.54) is 32.1 Å². The molecule has 0 amide bonds. The van der Waals surface area contributed by atoms with Crippen LogP contribution in [0.25, 0.3) is 5.69 Å². The highest BCUT2D eigenvalue weighted by molar-refractivity contribution is 14.1. The van der Waals surface area contributed by atoms with E-state index < -0.39 is 11.9 Å². The van der Waals surface area contributed by atoms with E-state index in [0.717, 1.165) is 0 Å². The molecule has 1 heterocycles. The molecule has 0 spiro atoms. The van der Waals surface area contributed by atoms with E-state index in [1.807, 2.05) is 28.7 Å². The van der Waals surface area contributed by atoms with Gasteiger partial charge in [-0.15, -0.1) is 0 Å². The molecule has 0 fully saturated rings. The predicted octanol–water partition coefficient (Wildman–Crippen LogP) is 2.12. The van der Waals surface area contributed by atoms with Crippen LogP contribution in [0.3, 0.4) is 0 Å².